The number of allylic oxidation sites excluding steroid dienone is 1. The van der Waals surface area contributed by atoms with Crippen LogP contribution in [0, 0.1) is 11.8 Å². The number of halogens is 1. The highest BCUT2D eigenvalue weighted by molar-refractivity contribution is 6.31. The number of hydrogen-bond acceptors (Lipinski definition) is 6. The Morgan fingerprint density at radius 3 is 2.75 bits per heavy atom. The van der Waals surface area contributed by atoms with Gasteiger partial charge in [0, 0.05) is 35.8 Å². The Balaban J connectivity index is 1.48. The van der Waals surface area contributed by atoms with Gasteiger partial charge in [-0.1, -0.05) is 25.4 Å². The zero-order valence-electron chi connectivity index (χ0n) is 18.2. The molecular weight excluding hydrogens is 430 g/mol. The summed E-state index contributed by atoms with van der Waals surface area (Å²) in [5, 5.41) is 11.1. The summed E-state index contributed by atoms with van der Waals surface area (Å²) in [6, 6.07) is 6.74. The highest BCUT2D eigenvalue weighted by Crippen LogP contribution is 2.42. The van der Waals surface area contributed by atoms with Gasteiger partial charge in [0.15, 0.2) is 12.6 Å². The van der Waals surface area contributed by atoms with Crippen LogP contribution in [0.5, 0.6) is 17.2 Å². The second-order valence-electron chi connectivity index (χ2n) is 9.11. The minimum atomic E-state index is -0.220. The van der Waals surface area contributed by atoms with E-state index in [4.69, 9.17) is 25.8 Å². The van der Waals surface area contributed by atoms with Crippen molar-refractivity contribution in [1.82, 2.24) is 4.90 Å². The van der Waals surface area contributed by atoms with Crippen LogP contribution in [0.4, 0.5) is 0 Å². The maximum Gasteiger partial charge on any atom is 0.231 e. The van der Waals surface area contributed by atoms with Crippen molar-refractivity contribution in [3.63, 3.8) is 0 Å². The first-order valence-corrected chi connectivity index (χ1v) is 11.3. The molecule has 3 heterocycles. The molecule has 2 atom stereocenters. The summed E-state index contributed by atoms with van der Waals surface area (Å²) < 4.78 is 17.0. The van der Waals surface area contributed by atoms with Crippen LogP contribution in [-0.4, -0.2) is 35.7 Å². The van der Waals surface area contributed by atoms with E-state index in [0.717, 1.165) is 18.7 Å². The van der Waals surface area contributed by atoms with E-state index in [0.29, 0.717) is 58.2 Å². The highest BCUT2D eigenvalue weighted by Gasteiger charge is 2.33. The molecule has 0 amide bonds. The molecule has 2 aromatic carbocycles. The molecule has 0 unspecified atom stereocenters. The Labute approximate surface area is 192 Å². The summed E-state index contributed by atoms with van der Waals surface area (Å²) in [7, 11) is 0. The van der Waals surface area contributed by atoms with Crippen molar-refractivity contribution in [2.24, 2.45) is 11.8 Å². The smallest absolute Gasteiger partial charge is 0.231 e. The third-order valence-electron chi connectivity index (χ3n) is 6.23. The summed E-state index contributed by atoms with van der Waals surface area (Å²) in [5.74, 6) is 2.37. The van der Waals surface area contributed by atoms with Crippen molar-refractivity contribution in [1.29, 1.82) is 0 Å². The van der Waals surface area contributed by atoms with Gasteiger partial charge >= 0.3 is 0 Å². The molecule has 0 bridgehead atoms. The molecule has 0 radical (unpaired) electrons. The summed E-state index contributed by atoms with van der Waals surface area (Å²) >= 11 is 6.27. The van der Waals surface area contributed by atoms with Gasteiger partial charge in [-0.3, -0.25) is 9.69 Å². The largest absolute Gasteiger partial charge is 0.507 e. The average molecular weight is 456 g/mol. The van der Waals surface area contributed by atoms with Gasteiger partial charge in [0.05, 0.1) is 17.7 Å². The van der Waals surface area contributed by atoms with Crippen molar-refractivity contribution in [3.8, 4) is 17.2 Å². The molecule has 6 nitrogen and oxygen atoms in total. The maximum absolute atomic E-state index is 13.1. The Morgan fingerprint density at radius 2 is 1.97 bits per heavy atom. The molecule has 5 rings (SSSR count). The Bertz CT molecular complexity index is 1100. The number of phenolic OH excluding ortho intramolecular Hbond substituents is 1. The van der Waals surface area contributed by atoms with Gasteiger partial charge < -0.3 is 19.3 Å². The van der Waals surface area contributed by atoms with Crippen molar-refractivity contribution >= 4 is 23.5 Å². The lowest BCUT2D eigenvalue weighted by Crippen LogP contribution is -2.38. The highest BCUT2D eigenvalue weighted by atomic mass is 35.5. The Hall–Kier alpha value is -2.54. The van der Waals surface area contributed by atoms with Crippen LogP contribution < -0.4 is 9.47 Å². The molecule has 1 saturated heterocycles. The molecule has 0 aromatic heterocycles. The number of ketones is 1. The van der Waals surface area contributed by atoms with Gasteiger partial charge in [-0.2, -0.15) is 0 Å². The van der Waals surface area contributed by atoms with Gasteiger partial charge in [0.2, 0.25) is 5.78 Å². The predicted octanol–water partition coefficient (Wildman–Crippen LogP) is 5.01. The Morgan fingerprint density at radius 1 is 1.19 bits per heavy atom. The maximum atomic E-state index is 13.1. The minimum Gasteiger partial charge on any atom is -0.507 e. The van der Waals surface area contributed by atoms with E-state index in [9.17, 15) is 9.90 Å². The van der Waals surface area contributed by atoms with E-state index < -0.39 is 0 Å². The summed E-state index contributed by atoms with van der Waals surface area (Å²) in [6.07, 6.45) is 2.86. The van der Waals surface area contributed by atoms with Crippen LogP contribution in [0.1, 0.15) is 47.3 Å². The third kappa shape index (κ3) is 3.98. The van der Waals surface area contributed by atoms with E-state index in [1.807, 2.05) is 0 Å². The number of phenols is 1. The fourth-order valence-electron chi connectivity index (χ4n) is 5.05. The number of piperidine rings is 1. The number of likely N-dealkylation sites (tertiary alicyclic amines) is 1. The molecule has 7 heteroatoms. The topological polar surface area (TPSA) is 68.2 Å². The second-order valence-corrected chi connectivity index (χ2v) is 9.55. The van der Waals surface area contributed by atoms with Gasteiger partial charge in [-0.15, -0.1) is 0 Å². The van der Waals surface area contributed by atoms with Gasteiger partial charge in [0.25, 0.3) is 0 Å². The standard InChI is InChI=1S/C25H26ClNO5/c1-14-5-15(2)10-27(9-14)11-20-21(28)4-3-19-23(29)22(32-25(19)20)8-16-6-18(26)7-17-12-30-13-31-24(16)17/h3-4,6-8,14-15,28H,5,9-13H2,1-2H3/b22-8-/t14-,15-/m1/s1. The molecule has 1 fully saturated rings. The van der Waals surface area contributed by atoms with Gasteiger partial charge in [-0.25, -0.2) is 0 Å². The van der Waals surface area contributed by atoms with Crippen LogP contribution in [-0.2, 0) is 17.9 Å². The van der Waals surface area contributed by atoms with Crippen molar-refractivity contribution < 1.29 is 24.1 Å². The van der Waals surface area contributed by atoms with E-state index in [1.54, 1.807) is 30.3 Å². The van der Waals surface area contributed by atoms with E-state index >= 15 is 0 Å². The number of Topliss-reactive ketones (excluding diaryl/α,β-unsaturated/α-hetero) is 1. The number of nitrogens with zero attached hydrogens (tertiary/aromatic N) is 1. The molecular formula is C25H26ClNO5. The number of ether oxygens (including phenoxy) is 3. The van der Waals surface area contributed by atoms with Crippen LogP contribution in [0.15, 0.2) is 30.0 Å². The minimum absolute atomic E-state index is 0.143. The van der Waals surface area contributed by atoms with E-state index in [-0.39, 0.29) is 24.1 Å². The number of aromatic hydroxyl groups is 1. The SMILES string of the molecule is C[C@@H]1C[C@@H](C)CN(Cc2c(O)ccc3c2O/C(=C\c2cc(Cl)cc4c2OCOC4)C3=O)C1. The lowest BCUT2D eigenvalue weighted by molar-refractivity contribution is -0.0165. The Kier molecular flexibility index (Phi) is 5.61. The molecule has 32 heavy (non-hydrogen) atoms. The zero-order chi connectivity index (χ0) is 22.4. The van der Waals surface area contributed by atoms with Crippen LogP contribution in [0.2, 0.25) is 5.02 Å². The van der Waals surface area contributed by atoms with E-state index in [1.165, 1.54) is 6.42 Å². The van der Waals surface area contributed by atoms with Crippen molar-refractivity contribution in [2.45, 2.75) is 33.4 Å². The quantitative estimate of drug-likeness (QED) is 0.656. The lowest BCUT2D eigenvalue weighted by Gasteiger charge is -2.35. The monoisotopic (exact) mass is 455 g/mol. The number of carbonyl (C=O) groups excluding carboxylic acids is 1. The summed E-state index contributed by atoms with van der Waals surface area (Å²) in [5.41, 5.74) is 2.60. The van der Waals surface area contributed by atoms with Crippen LogP contribution in [0.3, 0.4) is 0 Å². The summed E-state index contributed by atoms with van der Waals surface area (Å²) in [4.78, 5) is 15.5. The van der Waals surface area contributed by atoms with Crippen molar-refractivity contribution in [3.05, 3.63) is 57.3 Å². The molecule has 2 aromatic rings. The van der Waals surface area contributed by atoms with Gasteiger partial charge in [0.1, 0.15) is 17.2 Å². The molecule has 0 spiro atoms. The molecule has 0 saturated carbocycles. The predicted molar refractivity (Wildman–Crippen MR) is 121 cm³/mol. The third-order valence-corrected chi connectivity index (χ3v) is 6.45. The molecule has 168 valence electrons. The number of fused-ring (bicyclic) bond motifs is 2. The second kappa shape index (κ2) is 8.43. The number of benzene rings is 2. The normalized spacial score (nSPS) is 24.1. The van der Waals surface area contributed by atoms with Crippen molar-refractivity contribution in [2.75, 3.05) is 19.9 Å². The fraction of sp³-hybridized carbons (Fsp3) is 0.400. The average Bonchev–Trinajstić information content (AvgIpc) is 3.05. The van der Waals surface area contributed by atoms with E-state index in [2.05, 4.69) is 18.7 Å². The number of carbonyl (C=O) groups is 1. The summed E-state index contributed by atoms with van der Waals surface area (Å²) in [6.45, 7) is 7.49. The van der Waals surface area contributed by atoms with Crippen LogP contribution >= 0.6 is 11.6 Å². The molecule has 3 aliphatic rings. The zero-order valence-corrected chi connectivity index (χ0v) is 18.9. The van der Waals surface area contributed by atoms with Gasteiger partial charge in [-0.05, 0) is 48.6 Å². The first kappa shape index (κ1) is 21.3. The first-order valence-electron chi connectivity index (χ1n) is 10.9. The lowest BCUT2D eigenvalue weighted by atomic mass is 9.91. The molecule has 3 aliphatic heterocycles. The first-order chi connectivity index (χ1) is 15.4. The fourth-order valence-corrected chi connectivity index (χ4v) is 5.30. The molecule has 0 aliphatic carbocycles. The van der Waals surface area contributed by atoms with Crippen LogP contribution in [0.25, 0.3) is 6.08 Å². The number of rotatable bonds is 3. The number of hydrogen-bond donors (Lipinski definition) is 1. The molecule has 1 N–H and O–H groups in total.